The highest BCUT2D eigenvalue weighted by Gasteiger charge is 2.43. The first-order valence-electron chi connectivity index (χ1n) is 7.43. The second-order valence-electron chi connectivity index (χ2n) is 5.73. The first-order chi connectivity index (χ1) is 10.7. The number of aliphatic imine (C=N–C) groups is 1. The van der Waals surface area contributed by atoms with Gasteiger partial charge in [-0.2, -0.15) is 0 Å². The zero-order chi connectivity index (χ0) is 15.1. The molecule has 112 valence electrons. The standard InChI is InChI=1S/C17H17N3OS/c1-11-10-20-16(12-5-7-13(21)8-6-12)15(19-17(20)22-11)14-4-2-3-9-18-14/h2-9,11,15-16,21H,10H2,1H3/t11-,15+,16-/m1/s1. The fourth-order valence-corrected chi connectivity index (χ4v) is 4.24. The molecular formula is C17H17N3OS. The van der Waals surface area contributed by atoms with Gasteiger partial charge in [0, 0.05) is 18.0 Å². The van der Waals surface area contributed by atoms with Crippen LogP contribution in [-0.4, -0.2) is 32.0 Å². The van der Waals surface area contributed by atoms with Crippen LogP contribution >= 0.6 is 11.8 Å². The number of pyridine rings is 1. The maximum Gasteiger partial charge on any atom is 0.160 e. The lowest BCUT2D eigenvalue weighted by Gasteiger charge is -2.27. The molecule has 1 aromatic carbocycles. The lowest BCUT2D eigenvalue weighted by Crippen LogP contribution is -2.28. The van der Waals surface area contributed by atoms with Crippen molar-refractivity contribution in [1.29, 1.82) is 0 Å². The van der Waals surface area contributed by atoms with Gasteiger partial charge in [-0.1, -0.05) is 36.9 Å². The van der Waals surface area contributed by atoms with Crippen molar-refractivity contribution in [3.05, 3.63) is 59.9 Å². The highest BCUT2D eigenvalue weighted by Crippen LogP contribution is 2.47. The average Bonchev–Trinajstić information content (AvgIpc) is 3.05. The van der Waals surface area contributed by atoms with E-state index in [1.165, 1.54) is 5.56 Å². The fraction of sp³-hybridized carbons (Fsp3) is 0.294. The van der Waals surface area contributed by atoms with Crippen LogP contribution in [0.1, 0.15) is 30.3 Å². The largest absolute Gasteiger partial charge is 0.508 e. The van der Waals surface area contributed by atoms with Crippen molar-refractivity contribution in [2.75, 3.05) is 6.54 Å². The molecule has 0 bridgehead atoms. The Morgan fingerprint density at radius 2 is 2.00 bits per heavy atom. The molecule has 1 saturated heterocycles. The van der Waals surface area contributed by atoms with E-state index in [1.807, 2.05) is 48.3 Å². The van der Waals surface area contributed by atoms with E-state index in [2.05, 4.69) is 16.8 Å². The molecule has 0 radical (unpaired) electrons. The molecule has 0 aliphatic carbocycles. The molecular weight excluding hydrogens is 294 g/mol. The molecule has 2 aliphatic rings. The minimum atomic E-state index is 0.0146. The number of aromatic hydroxyl groups is 1. The van der Waals surface area contributed by atoms with Gasteiger partial charge < -0.3 is 10.0 Å². The summed E-state index contributed by atoms with van der Waals surface area (Å²) >= 11 is 1.83. The lowest BCUT2D eigenvalue weighted by atomic mass is 9.96. The molecule has 1 aromatic heterocycles. The topological polar surface area (TPSA) is 48.7 Å². The molecule has 1 N–H and O–H groups in total. The summed E-state index contributed by atoms with van der Waals surface area (Å²) in [7, 11) is 0. The molecule has 4 nitrogen and oxygen atoms in total. The van der Waals surface area contributed by atoms with Crippen LogP contribution in [-0.2, 0) is 0 Å². The smallest absolute Gasteiger partial charge is 0.160 e. The summed E-state index contributed by atoms with van der Waals surface area (Å²) in [5.74, 6) is 0.293. The number of aromatic nitrogens is 1. The highest BCUT2D eigenvalue weighted by atomic mass is 32.2. The number of thioether (sulfide) groups is 1. The maximum atomic E-state index is 9.55. The molecule has 5 heteroatoms. The number of fused-ring (bicyclic) bond motifs is 1. The Morgan fingerprint density at radius 3 is 2.73 bits per heavy atom. The minimum Gasteiger partial charge on any atom is -0.508 e. The second kappa shape index (κ2) is 5.32. The third-order valence-corrected chi connectivity index (χ3v) is 5.22. The van der Waals surface area contributed by atoms with Crippen LogP contribution in [0.3, 0.4) is 0 Å². The van der Waals surface area contributed by atoms with Crippen molar-refractivity contribution in [2.45, 2.75) is 24.3 Å². The van der Waals surface area contributed by atoms with Crippen LogP contribution in [0.25, 0.3) is 0 Å². The van der Waals surface area contributed by atoms with E-state index < -0.39 is 0 Å². The van der Waals surface area contributed by atoms with Crippen LogP contribution in [0.2, 0.25) is 0 Å². The average molecular weight is 311 g/mol. The van der Waals surface area contributed by atoms with E-state index in [1.54, 1.807) is 12.1 Å². The van der Waals surface area contributed by atoms with Gasteiger partial charge in [-0.15, -0.1) is 0 Å². The molecule has 2 aromatic rings. The minimum absolute atomic E-state index is 0.0146. The number of hydrogen-bond donors (Lipinski definition) is 1. The van der Waals surface area contributed by atoms with Crippen molar-refractivity contribution in [1.82, 2.24) is 9.88 Å². The molecule has 4 rings (SSSR count). The number of hydrogen-bond acceptors (Lipinski definition) is 5. The highest BCUT2D eigenvalue weighted by molar-refractivity contribution is 8.14. The van der Waals surface area contributed by atoms with Gasteiger partial charge in [-0.05, 0) is 29.8 Å². The van der Waals surface area contributed by atoms with Crippen molar-refractivity contribution >= 4 is 16.9 Å². The number of amidine groups is 1. The molecule has 22 heavy (non-hydrogen) atoms. The maximum absolute atomic E-state index is 9.55. The van der Waals surface area contributed by atoms with Crippen LogP contribution in [0.5, 0.6) is 5.75 Å². The van der Waals surface area contributed by atoms with Gasteiger partial charge in [-0.25, -0.2) is 0 Å². The molecule has 2 aliphatic heterocycles. The number of phenols is 1. The number of benzene rings is 1. The van der Waals surface area contributed by atoms with Crippen molar-refractivity contribution in [3.63, 3.8) is 0 Å². The SMILES string of the molecule is C[C@@H]1CN2C(=N[C@@H](c3ccccn3)[C@H]2c2ccc(O)cc2)S1. The van der Waals surface area contributed by atoms with Crippen molar-refractivity contribution < 1.29 is 5.11 Å². The van der Waals surface area contributed by atoms with Crippen LogP contribution < -0.4 is 0 Å². The summed E-state index contributed by atoms with van der Waals surface area (Å²) in [6.45, 7) is 3.23. The number of rotatable bonds is 2. The van der Waals surface area contributed by atoms with Crippen molar-refractivity contribution in [2.24, 2.45) is 4.99 Å². The Balaban J connectivity index is 1.76. The Hall–Kier alpha value is -2.01. The van der Waals surface area contributed by atoms with E-state index >= 15 is 0 Å². The summed E-state index contributed by atoms with van der Waals surface area (Å²) in [6, 6.07) is 13.6. The van der Waals surface area contributed by atoms with Gasteiger partial charge in [0.2, 0.25) is 0 Å². The summed E-state index contributed by atoms with van der Waals surface area (Å²) in [6.07, 6.45) is 1.82. The lowest BCUT2D eigenvalue weighted by molar-refractivity contribution is 0.321. The summed E-state index contributed by atoms with van der Waals surface area (Å²) in [4.78, 5) is 11.8. The van der Waals surface area contributed by atoms with Gasteiger partial charge in [-0.3, -0.25) is 9.98 Å². The molecule has 0 amide bonds. The second-order valence-corrected chi connectivity index (χ2v) is 7.13. The summed E-state index contributed by atoms with van der Waals surface area (Å²) in [5.41, 5.74) is 2.16. The van der Waals surface area contributed by atoms with E-state index in [4.69, 9.17) is 4.99 Å². The van der Waals surface area contributed by atoms with Crippen LogP contribution in [0.4, 0.5) is 0 Å². The predicted molar refractivity (Wildman–Crippen MR) is 89.0 cm³/mol. The predicted octanol–water partition coefficient (Wildman–Crippen LogP) is 3.38. The van der Waals surface area contributed by atoms with Crippen LogP contribution in [0, 0.1) is 0 Å². The van der Waals surface area contributed by atoms with Crippen LogP contribution in [0.15, 0.2) is 53.7 Å². The molecule has 1 fully saturated rings. The summed E-state index contributed by atoms with van der Waals surface area (Å²) in [5, 5.41) is 11.2. The normalized spacial score (nSPS) is 26.9. The fourth-order valence-electron chi connectivity index (χ4n) is 3.15. The molecule has 3 heterocycles. The molecule has 0 saturated carbocycles. The first-order valence-corrected chi connectivity index (χ1v) is 8.31. The molecule has 0 spiro atoms. The third kappa shape index (κ3) is 2.25. The van der Waals surface area contributed by atoms with E-state index in [9.17, 15) is 5.11 Å². The van der Waals surface area contributed by atoms with Gasteiger partial charge in [0.15, 0.2) is 5.17 Å². The quantitative estimate of drug-likeness (QED) is 0.924. The van der Waals surface area contributed by atoms with E-state index in [-0.39, 0.29) is 12.1 Å². The summed E-state index contributed by atoms with van der Waals surface area (Å²) < 4.78 is 0. The monoisotopic (exact) mass is 311 g/mol. The molecule has 0 unspecified atom stereocenters. The Bertz CT molecular complexity index is 702. The van der Waals surface area contributed by atoms with E-state index in [0.29, 0.717) is 11.0 Å². The van der Waals surface area contributed by atoms with Crippen molar-refractivity contribution in [3.8, 4) is 5.75 Å². The Morgan fingerprint density at radius 1 is 1.18 bits per heavy atom. The Kier molecular flexibility index (Phi) is 3.30. The van der Waals surface area contributed by atoms with Gasteiger partial charge in [0.05, 0.1) is 11.7 Å². The zero-order valence-electron chi connectivity index (χ0n) is 12.3. The van der Waals surface area contributed by atoms with Gasteiger partial charge >= 0.3 is 0 Å². The van der Waals surface area contributed by atoms with E-state index in [0.717, 1.165) is 17.4 Å². The van der Waals surface area contributed by atoms with Gasteiger partial charge in [0.25, 0.3) is 0 Å². The Labute approximate surface area is 133 Å². The zero-order valence-corrected chi connectivity index (χ0v) is 13.1. The third-order valence-electron chi connectivity index (χ3n) is 4.12. The number of phenolic OH excluding ortho intramolecular Hbond substituents is 1. The van der Waals surface area contributed by atoms with Gasteiger partial charge in [0.1, 0.15) is 11.8 Å². The first kappa shape index (κ1) is 13.6. The number of nitrogens with zero attached hydrogens (tertiary/aromatic N) is 3. The molecule has 3 atom stereocenters.